The maximum atomic E-state index is 14.2. The van der Waals surface area contributed by atoms with Crippen LogP contribution in [-0.4, -0.2) is 48.2 Å². The molecule has 1 fully saturated rings. The average molecular weight is 423 g/mol. The molecule has 0 aliphatic carbocycles. The molecule has 0 bridgehead atoms. The van der Waals surface area contributed by atoms with Crippen LogP contribution in [0.15, 0.2) is 58.4 Å². The highest BCUT2D eigenvalue weighted by molar-refractivity contribution is 8.18. The van der Waals surface area contributed by atoms with Crippen LogP contribution in [0.2, 0.25) is 0 Å². The van der Waals surface area contributed by atoms with Crippen molar-refractivity contribution in [1.29, 1.82) is 0 Å². The topological polar surface area (TPSA) is 62.2 Å². The fraction of sp³-hybridized carbons (Fsp3) is 0.227. The zero-order chi connectivity index (χ0) is 20.7. The van der Waals surface area contributed by atoms with Crippen molar-refractivity contribution in [3.63, 3.8) is 0 Å². The predicted octanol–water partition coefficient (Wildman–Crippen LogP) is 3.05. The van der Waals surface area contributed by atoms with E-state index in [1.54, 1.807) is 18.2 Å². The lowest BCUT2D eigenvalue weighted by atomic mass is 10.1. The Morgan fingerprint density at radius 1 is 1.03 bits per heavy atom. The number of nitrogens with zero attached hydrogens (tertiary/aromatic N) is 3. The lowest BCUT2D eigenvalue weighted by Crippen LogP contribution is -2.38. The van der Waals surface area contributed by atoms with Gasteiger partial charge in [0.15, 0.2) is 5.17 Å². The van der Waals surface area contributed by atoms with Gasteiger partial charge in [-0.3, -0.25) is 9.59 Å². The molecule has 0 unspecified atom stereocenters. The van der Waals surface area contributed by atoms with Gasteiger partial charge < -0.3 is 14.5 Å². The molecule has 0 aromatic heterocycles. The minimum atomic E-state index is -0.410. The zero-order valence-electron chi connectivity index (χ0n) is 16.0. The lowest BCUT2D eigenvalue weighted by molar-refractivity contribution is -0.115. The Balaban J connectivity index is 1.51. The van der Waals surface area contributed by atoms with Crippen LogP contribution in [0.3, 0.4) is 0 Å². The van der Waals surface area contributed by atoms with Gasteiger partial charge in [0, 0.05) is 24.2 Å². The van der Waals surface area contributed by atoms with Gasteiger partial charge in [-0.15, -0.1) is 0 Å². The normalized spacial score (nSPS) is 21.3. The molecule has 8 heteroatoms. The Labute approximate surface area is 177 Å². The van der Waals surface area contributed by atoms with Crippen LogP contribution in [0, 0.1) is 5.82 Å². The first kappa shape index (κ1) is 19.0. The second-order valence-corrected chi connectivity index (χ2v) is 8.08. The molecule has 0 N–H and O–H groups in total. The number of amides is 2. The fourth-order valence-corrected chi connectivity index (χ4v) is 4.85. The first-order valence-corrected chi connectivity index (χ1v) is 10.5. The van der Waals surface area contributed by atoms with Crippen molar-refractivity contribution in [1.82, 2.24) is 4.90 Å². The van der Waals surface area contributed by atoms with Crippen LogP contribution < -0.4 is 4.90 Å². The molecule has 2 amide bonds. The molecule has 0 atom stereocenters. The largest absolute Gasteiger partial charge is 0.378 e. The molecule has 0 saturated carbocycles. The van der Waals surface area contributed by atoms with E-state index in [4.69, 9.17) is 4.74 Å². The van der Waals surface area contributed by atoms with Gasteiger partial charge in [0.25, 0.3) is 11.8 Å². The Hall–Kier alpha value is -2.97. The molecule has 3 aliphatic heterocycles. The quantitative estimate of drug-likeness (QED) is 0.695. The molecule has 3 heterocycles. The summed E-state index contributed by atoms with van der Waals surface area (Å²) in [4.78, 5) is 34.2. The van der Waals surface area contributed by atoms with E-state index in [1.165, 1.54) is 22.7 Å². The molecule has 30 heavy (non-hydrogen) atoms. The van der Waals surface area contributed by atoms with E-state index in [-0.39, 0.29) is 18.3 Å². The highest BCUT2D eigenvalue weighted by Crippen LogP contribution is 2.44. The second-order valence-electron chi connectivity index (χ2n) is 7.10. The highest BCUT2D eigenvalue weighted by Gasteiger charge is 2.39. The Kier molecular flexibility index (Phi) is 4.88. The summed E-state index contributed by atoms with van der Waals surface area (Å²) in [5.74, 6) is -1.09. The molecule has 3 aliphatic rings. The molecule has 2 aromatic carbocycles. The maximum Gasteiger partial charge on any atom is 0.287 e. The lowest BCUT2D eigenvalue weighted by Gasteiger charge is -2.27. The van der Waals surface area contributed by atoms with E-state index in [1.807, 2.05) is 29.2 Å². The van der Waals surface area contributed by atoms with Gasteiger partial charge in [-0.1, -0.05) is 36.4 Å². The minimum Gasteiger partial charge on any atom is -0.378 e. The first-order valence-electron chi connectivity index (χ1n) is 9.66. The number of rotatable bonds is 2. The van der Waals surface area contributed by atoms with Crippen molar-refractivity contribution in [2.75, 3.05) is 31.2 Å². The summed E-state index contributed by atoms with van der Waals surface area (Å²) < 4.78 is 19.6. The SMILES string of the molecule is O=C1N=C(N2CCOCC2)S/C1=C1\C(=O)N(Cc2ccccc2F)c2ccccc21. The second kappa shape index (κ2) is 7.70. The van der Waals surface area contributed by atoms with E-state index < -0.39 is 5.91 Å². The highest BCUT2D eigenvalue weighted by atomic mass is 32.2. The molecule has 6 nitrogen and oxygen atoms in total. The zero-order valence-corrected chi connectivity index (χ0v) is 16.8. The molecule has 5 rings (SSSR count). The van der Waals surface area contributed by atoms with Crippen molar-refractivity contribution in [2.24, 2.45) is 4.99 Å². The van der Waals surface area contributed by atoms with Crippen molar-refractivity contribution < 1.29 is 18.7 Å². The van der Waals surface area contributed by atoms with Crippen LogP contribution in [0.5, 0.6) is 0 Å². The summed E-state index contributed by atoms with van der Waals surface area (Å²) in [7, 11) is 0. The standard InChI is InChI=1S/C22H18FN3O3S/c23-16-7-3-1-5-14(16)13-26-17-8-4-2-6-15(17)18(21(26)28)19-20(27)24-22(30-19)25-9-11-29-12-10-25/h1-8H,9-13H2/b19-18-. The number of thioether (sulfide) groups is 1. The van der Waals surface area contributed by atoms with E-state index in [2.05, 4.69) is 4.99 Å². The van der Waals surface area contributed by atoms with Crippen LogP contribution in [-0.2, 0) is 20.9 Å². The number of halogens is 1. The number of amidine groups is 1. The molecule has 0 spiro atoms. The number of ether oxygens (including phenoxy) is 1. The monoisotopic (exact) mass is 423 g/mol. The Bertz CT molecular complexity index is 1110. The average Bonchev–Trinajstić information content (AvgIpc) is 3.28. The molecular formula is C22H18FN3O3S. The van der Waals surface area contributed by atoms with Gasteiger partial charge in [0.1, 0.15) is 5.82 Å². The third kappa shape index (κ3) is 3.22. The summed E-state index contributed by atoms with van der Waals surface area (Å²) >= 11 is 1.23. The van der Waals surface area contributed by atoms with Crippen LogP contribution >= 0.6 is 11.8 Å². The Morgan fingerprint density at radius 2 is 1.77 bits per heavy atom. The molecular weight excluding hydrogens is 405 g/mol. The number of hydrogen-bond acceptors (Lipinski definition) is 5. The minimum absolute atomic E-state index is 0.0926. The number of carbonyl (C=O) groups excluding carboxylic acids is 2. The third-order valence-corrected chi connectivity index (χ3v) is 6.42. The van der Waals surface area contributed by atoms with Gasteiger partial charge in [-0.25, -0.2) is 4.39 Å². The van der Waals surface area contributed by atoms with Gasteiger partial charge in [0.05, 0.1) is 35.9 Å². The van der Waals surface area contributed by atoms with E-state index in [0.29, 0.717) is 58.8 Å². The van der Waals surface area contributed by atoms with Crippen molar-refractivity contribution in [2.45, 2.75) is 6.54 Å². The first-order chi connectivity index (χ1) is 14.6. The summed E-state index contributed by atoms with van der Waals surface area (Å²) in [6.45, 7) is 2.57. The Morgan fingerprint density at radius 3 is 2.57 bits per heavy atom. The number of morpholine rings is 1. The van der Waals surface area contributed by atoms with Gasteiger partial charge >= 0.3 is 0 Å². The van der Waals surface area contributed by atoms with E-state index >= 15 is 0 Å². The van der Waals surface area contributed by atoms with Gasteiger partial charge in [0.2, 0.25) is 0 Å². The van der Waals surface area contributed by atoms with Crippen LogP contribution in [0.25, 0.3) is 5.57 Å². The summed E-state index contributed by atoms with van der Waals surface area (Å²) in [5, 5.41) is 0.601. The number of para-hydroxylation sites is 1. The number of aliphatic imine (C=N–C) groups is 1. The molecule has 1 saturated heterocycles. The van der Waals surface area contributed by atoms with Crippen molar-refractivity contribution >= 4 is 40.0 Å². The fourth-order valence-electron chi connectivity index (χ4n) is 3.80. The van der Waals surface area contributed by atoms with Gasteiger partial charge in [-0.05, 0) is 23.9 Å². The summed E-state index contributed by atoms with van der Waals surface area (Å²) in [6.07, 6.45) is 0. The van der Waals surface area contributed by atoms with Crippen molar-refractivity contribution in [3.05, 3.63) is 70.4 Å². The molecule has 2 aromatic rings. The number of hydrogen-bond donors (Lipinski definition) is 0. The smallest absolute Gasteiger partial charge is 0.287 e. The summed E-state index contributed by atoms with van der Waals surface area (Å²) in [6, 6.07) is 13.7. The summed E-state index contributed by atoms with van der Waals surface area (Å²) in [5.41, 5.74) is 2.10. The number of benzene rings is 2. The number of carbonyl (C=O) groups is 2. The van der Waals surface area contributed by atoms with Crippen molar-refractivity contribution in [3.8, 4) is 0 Å². The molecule has 152 valence electrons. The van der Waals surface area contributed by atoms with E-state index in [9.17, 15) is 14.0 Å². The molecule has 0 radical (unpaired) electrons. The van der Waals surface area contributed by atoms with Gasteiger partial charge in [-0.2, -0.15) is 4.99 Å². The van der Waals surface area contributed by atoms with Crippen LogP contribution in [0.4, 0.5) is 10.1 Å². The number of fused-ring (bicyclic) bond motifs is 1. The third-order valence-electron chi connectivity index (χ3n) is 5.30. The van der Waals surface area contributed by atoms with E-state index in [0.717, 1.165) is 0 Å². The predicted molar refractivity (Wildman–Crippen MR) is 113 cm³/mol. The number of anilines is 1. The van der Waals surface area contributed by atoms with Crippen LogP contribution in [0.1, 0.15) is 11.1 Å². The maximum absolute atomic E-state index is 14.2.